The van der Waals surface area contributed by atoms with Crippen LogP contribution in [0.3, 0.4) is 0 Å². The first kappa shape index (κ1) is 14.0. The molecule has 16 heavy (non-hydrogen) atoms. The molecule has 0 radical (unpaired) electrons. The molecule has 1 rings (SSSR count). The molecule has 0 aromatic carbocycles. The molecule has 0 saturated heterocycles. The van der Waals surface area contributed by atoms with Gasteiger partial charge in [0.15, 0.2) is 0 Å². The highest BCUT2D eigenvalue weighted by molar-refractivity contribution is 9.09. The maximum atomic E-state index is 11.6. The van der Waals surface area contributed by atoms with E-state index in [0.29, 0.717) is 17.2 Å². The lowest BCUT2D eigenvalue weighted by molar-refractivity contribution is -0.123. The fourth-order valence-corrected chi connectivity index (χ4v) is 2.66. The topological polar surface area (TPSA) is 29.1 Å². The number of hydrogen-bond acceptors (Lipinski definition) is 1. The Kier molecular flexibility index (Phi) is 5.29. The molecule has 3 heteroatoms. The van der Waals surface area contributed by atoms with Crippen molar-refractivity contribution in [1.82, 2.24) is 5.32 Å². The van der Waals surface area contributed by atoms with E-state index in [1.165, 1.54) is 25.7 Å². The number of nitrogens with one attached hydrogen (secondary N) is 1. The van der Waals surface area contributed by atoms with Crippen LogP contribution in [0.5, 0.6) is 0 Å². The molecule has 0 atom stereocenters. The second kappa shape index (κ2) is 6.04. The van der Waals surface area contributed by atoms with E-state index >= 15 is 0 Å². The zero-order valence-electron chi connectivity index (χ0n) is 10.7. The Morgan fingerprint density at radius 1 is 1.25 bits per heavy atom. The maximum Gasteiger partial charge on any atom is 0.220 e. The highest BCUT2D eigenvalue weighted by atomic mass is 79.9. The Bertz CT molecular complexity index is 227. The van der Waals surface area contributed by atoms with Crippen LogP contribution >= 0.6 is 15.9 Å². The molecule has 1 fully saturated rings. The maximum absolute atomic E-state index is 11.6. The highest BCUT2D eigenvalue weighted by Crippen LogP contribution is 2.28. The molecule has 1 saturated carbocycles. The van der Waals surface area contributed by atoms with Crippen molar-refractivity contribution < 1.29 is 4.79 Å². The standard InChI is InChI=1S/C13H24BrNO/c1-13(2,3)8-12(16)15-9-10-4-6-11(14)7-5-10/h10-11H,4-9H2,1-3H3,(H,15,16). The fourth-order valence-electron chi connectivity index (χ4n) is 2.13. The second-order valence-electron chi connectivity index (χ2n) is 6.16. The van der Waals surface area contributed by atoms with Gasteiger partial charge in [-0.3, -0.25) is 4.79 Å². The van der Waals surface area contributed by atoms with E-state index in [4.69, 9.17) is 0 Å². The number of hydrogen-bond donors (Lipinski definition) is 1. The first-order chi connectivity index (χ1) is 7.37. The Morgan fingerprint density at radius 2 is 1.81 bits per heavy atom. The van der Waals surface area contributed by atoms with E-state index in [1.807, 2.05) is 0 Å². The first-order valence-corrected chi connectivity index (χ1v) is 7.19. The number of amides is 1. The van der Waals surface area contributed by atoms with Crippen molar-refractivity contribution in [3.05, 3.63) is 0 Å². The van der Waals surface area contributed by atoms with Crippen molar-refractivity contribution in [3.63, 3.8) is 0 Å². The predicted octanol–water partition coefficient (Wildman–Crippen LogP) is 3.49. The summed E-state index contributed by atoms with van der Waals surface area (Å²) in [6.07, 6.45) is 5.61. The van der Waals surface area contributed by atoms with Gasteiger partial charge in [0, 0.05) is 17.8 Å². The van der Waals surface area contributed by atoms with Crippen molar-refractivity contribution >= 4 is 21.8 Å². The van der Waals surface area contributed by atoms with Crippen molar-refractivity contribution in [2.45, 2.75) is 57.7 Å². The number of carbonyl (C=O) groups is 1. The molecule has 1 amide bonds. The molecule has 1 N–H and O–H groups in total. The lowest BCUT2D eigenvalue weighted by Gasteiger charge is -2.26. The summed E-state index contributed by atoms with van der Waals surface area (Å²) in [6, 6.07) is 0. The Labute approximate surface area is 108 Å². The SMILES string of the molecule is CC(C)(C)CC(=O)NCC1CCC(Br)CC1. The van der Waals surface area contributed by atoms with E-state index in [1.54, 1.807) is 0 Å². The molecule has 0 unspecified atom stereocenters. The molecule has 1 aliphatic rings. The fraction of sp³-hybridized carbons (Fsp3) is 0.923. The van der Waals surface area contributed by atoms with Gasteiger partial charge in [0.25, 0.3) is 0 Å². The third kappa shape index (κ3) is 5.88. The van der Waals surface area contributed by atoms with Gasteiger partial charge in [-0.05, 0) is 37.0 Å². The van der Waals surface area contributed by atoms with Gasteiger partial charge in [0.1, 0.15) is 0 Å². The minimum atomic E-state index is 0.0948. The minimum absolute atomic E-state index is 0.0948. The Morgan fingerprint density at radius 3 is 2.31 bits per heavy atom. The largest absolute Gasteiger partial charge is 0.356 e. The summed E-state index contributed by atoms with van der Waals surface area (Å²) in [7, 11) is 0. The lowest BCUT2D eigenvalue weighted by Crippen LogP contribution is -2.33. The normalized spacial score (nSPS) is 26.5. The summed E-state index contributed by atoms with van der Waals surface area (Å²) in [6.45, 7) is 7.17. The predicted molar refractivity (Wildman–Crippen MR) is 71.8 cm³/mol. The summed E-state index contributed by atoms with van der Waals surface area (Å²) in [5.41, 5.74) is 0.0948. The number of rotatable bonds is 3. The number of alkyl halides is 1. The lowest BCUT2D eigenvalue weighted by atomic mass is 9.88. The zero-order valence-corrected chi connectivity index (χ0v) is 12.3. The average Bonchev–Trinajstić information content (AvgIpc) is 2.14. The molecule has 0 aliphatic heterocycles. The van der Waals surface area contributed by atoms with Gasteiger partial charge in [-0.1, -0.05) is 36.7 Å². The molecule has 94 valence electrons. The van der Waals surface area contributed by atoms with Crippen molar-refractivity contribution in [3.8, 4) is 0 Å². The van der Waals surface area contributed by atoms with Gasteiger partial charge in [0.05, 0.1) is 0 Å². The van der Waals surface area contributed by atoms with Crippen molar-refractivity contribution in [1.29, 1.82) is 0 Å². The smallest absolute Gasteiger partial charge is 0.220 e. The monoisotopic (exact) mass is 289 g/mol. The van der Waals surface area contributed by atoms with Gasteiger partial charge in [-0.25, -0.2) is 0 Å². The van der Waals surface area contributed by atoms with Crippen LogP contribution in [0.25, 0.3) is 0 Å². The summed E-state index contributed by atoms with van der Waals surface area (Å²) in [5.74, 6) is 0.895. The highest BCUT2D eigenvalue weighted by Gasteiger charge is 2.21. The Hall–Kier alpha value is -0.0500. The molecule has 0 aromatic heterocycles. The average molecular weight is 290 g/mol. The molecular weight excluding hydrogens is 266 g/mol. The molecule has 0 aromatic rings. The van der Waals surface area contributed by atoms with Crippen LogP contribution in [0.2, 0.25) is 0 Å². The molecule has 2 nitrogen and oxygen atoms in total. The molecule has 0 spiro atoms. The van der Waals surface area contributed by atoms with Crippen molar-refractivity contribution in [2.24, 2.45) is 11.3 Å². The minimum Gasteiger partial charge on any atom is -0.356 e. The van der Waals surface area contributed by atoms with Crippen LogP contribution in [0.4, 0.5) is 0 Å². The summed E-state index contributed by atoms with van der Waals surface area (Å²) < 4.78 is 0. The van der Waals surface area contributed by atoms with Gasteiger partial charge in [-0.2, -0.15) is 0 Å². The van der Waals surface area contributed by atoms with Gasteiger partial charge < -0.3 is 5.32 Å². The zero-order chi connectivity index (χ0) is 12.2. The first-order valence-electron chi connectivity index (χ1n) is 6.27. The summed E-state index contributed by atoms with van der Waals surface area (Å²) >= 11 is 3.65. The molecule has 0 bridgehead atoms. The quantitative estimate of drug-likeness (QED) is 0.792. The van der Waals surface area contributed by atoms with Crippen LogP contribution in [-0.2, 0) is 4.79 Å². The van der Waals surface area contributed by atoms with Crippen LogP contribution in [0.1, 0.15) is 52.9 Å². The van der Waals surface area contributed by atoms with E-state index in [0.717, 1.165) is 6.54 Å². The third-order valence-electron chi connectivity index (χ3n) is 3.06. The summed E-state index contributed by atoms with van der Waals surface area (Å²) in [4.78, 5) is 12.3. The van der Waals surface area contributed by atoms with Crippen LogP contribution < -0.4 is 5.32 Å². The number of halogens is 1. The second-order valence-corrected chi connectivity index (χ2v) is 7.45. The van der Waals surface area contributed by atoms with Gasteiger partial charge >= 0.3 is 0 Å². The van der Waals surface area contributed by atoms with Crippen LogP contribution in [0, 0.1) is 11.3 Å². The van der Waals surface area contributed by atoms with E-state index in [-0.39, 0.29) is 11.3 Å². The number of carbonyl (C=O) groups excluding carboxylic acids is 1. The van der Waals surface area contributed by atoms with E-state index < -0.39 is 0 Å². The van der Waals surface area contributed by atoms with Crippen molar-refractivity contribution in [2.75, 3.05) is 6.54 Å². The van der Waals surface area contributed by atoms with Crippen LogP contribution in [0.15, 0.2) is 0 Å². The molecular formula is C13H24BrNO. The molecule has 1 aliphatic carbocycles. The van der Waals surface area contributed by atoms with Crippen LogP contribution in [-0.4, -0.2) is 17.3 Å². The summed E-state index contributed by atoms with van der Waals surface area (Å²) in [5, 5.41) is 3.07. The van der Waals surface area contributed by atoms with E-state index in [9.17, 15) is 4.79 Å². The van der Waals surface area contributed by atoms with Gasteiger partial charge in [0.2, 0.25) is 5.91 Å². The third-order valence-corrected chi connectivity index (χ3v) is 3.97. The van der Waals surface area contributed by atoms with Gasteiger partial charge in [-0.15, -0.1) is 0 Å². The molecule has 0 heterocycles. The Balaban J connectivity index is 2.17. The van der Waals surface area contributed by atoms with E-state index in [2.05, 4.69) is 42.0 Å².